The molecule has 1 atom stereocenters. The van der Waals surface area contributed by atoms with E-state index in [9.17, 15) is 0 Å². The van der Waals surface area contributed by atoms with E-state index in [0.717, 1.165) is 45.7 Å². The van der Waals surface area contributed by atoms with Crippen LogP contribution in [0.4, 0.5) is 0 Å². The first-order valence-electron chi connectivity index (χ1n) is 8.49. The molecule has 130 valence electrons. The Balaban J connectivity index is 1.47. The highest BCUT2D eigenvalue weighted by Gasteiger charge is 2.26. The minimum Gasteiger partial charge on any atom is -0.497 e. The Morgan fingerprint density at radius 2 is 2.12 bits per heavy atom. The van der Waals surface area contributed by atoms with E-state index < -0.39 is 0 Å². The number of ether oxygens (including phenoxy) is 2. The maximum absolute atomic E-state index is 6.01. The lowest BCUT2D eigenvalue weighted by Crippen LogP contribution is -2.19. The van der Waals surface area contributed by atoms with Crippen LogP contribution in [0.15, 0.2) is 53.2 Å². The molecule has 4 aromatic rings. The lowest BCUT2D eigenvalue weighted by atomic mass is 9.96. The highest BCUT2D eigenvalue weighted by Crippen LogP contribution is 2.35. The van der Waals surface area contributed by atoms with Crippen molar-refractivity contribution in [2.75, 3.05) is 13.7 Å². The highest BCUT2D eigenvalue weighted by atomic mass is 16.5. The summed E-state index contributed by atoms with van der Waals surface area (Å²) in [4.78, 5) is 4.71. The summed E-state index contributed by atoms with van der Waals surface area (Å²) in [6, 6.07) is 11.9. The molecule has 0 fully saturated rings. The Bertz CT molecular complexity index is 1070. The molecular weight excluding hydrogens is 330 g/mol. The van der Waals surface area contributed by atoms with Gasteiger partial charge in [-0.2, -0.15) is 5.10 Å². The standard InChI is InChI=1S/C20H17N3O3/c1-24-16-3-5-18-13(7-16)6-14(11-25-18)20-23-17-8-12(2-4-19(17)26-20)15-9-21-22-10-15/h2-5,7-10,14H,6,11H2,1H3,(H,21,22). The normalized spacial score (nSPS) is 16.3. The number of H-pyrrole nitrogens is 1. The predicted octanol–water partition coefficient (Wildman–Crippen LogP) is 3.95. The largest absolute Gasteiger partial charge is 0.497 e. The number of benzene rings is 2. The van der Waals surface area contributed by atoms with Crippen LogP contribution in [0, 0.1) is 0 Å². The van der Waals surface area contributed by atoms with Crippen LogP contribution < -0.4 is 9.47 Å². The third kappa shape index (κ3) is 2.50. The zero-order valence-corrected chi connectivity index (χ0v) is 14.2. The molecule has 1 N–H and O–H groups in total. The van der Waals surface area contributed by atoms with Crippen molar-refractivity contribution >= 4 is 11.1 Å². The second-order valence-electron chi connectivity index (χ2n) is 6.41. The number of hydrogen-bond donors (Lipinski definition) is 1. The Morgan fingerprint density at radius 3 is 2.96 bits per heavy atom. The van der Waals surface area contributed by atoms with Gasteiger partial charge in [0.15, 0.2) is 5.58 Å². The van der Waals surface area contributed by atoms with Gasteiger partial charge >= 0.3 is 0 Å². The van der Waals surface area contributed by atoms with Crippen molar-refractivity contribution in [3.63, 3.8) is 0 Å². The Labute approximate surface area is 149 Å². The van der Waals surface area contributed by atoms with Gasteiger partial charge in [0.1, 0.15) is 23.6 Å². The van der Waals surface area contributed by atoms with E-state index in [4.69, 9.17) is 18.9 Å². The molecule has 3 heterocycles. The lowest BCUT2D eigenvalue weighted by molar-refractivity contribution is 0.243. The molecule has 6 nitrogen and oxygen atoms in total. The van der Waals surface area contributed by atoms with Gasteiger partial charge < -0.3 is 13.9 Å². The van der Waals surface area contributed by atoms with Crippen molar-refractivity contribution in [3.05, 3.63) is 60.2 Å². The molecule has 1 aliphatic heterocycles. The van der Waals surface area contributed by atoms with Crippen LogP contribution >= 0.6 is 0 Å². The zero-order chi connectivity index (χ0) is 17.5. The van der Waals surface area contributed by atoms with Crippen molar-refractivity contribution in [1.82, 2.24) is 15.2 Å². The predicted molar refractivity (Wildman–Crippen MR) is 96.5 cm³/mol. The number of aromatic amines is 1. The molecular formula is C20H17N3O3. The van der Waals surface area contributed by atoms with Gasteiger partial charge in [-0.1, -0.05) is 6.07 Å². The smallest absolute Gasteiger partial charge is 0.202 e. The van der Waals surface area contributed by atoms with E-state index in [0.29, 0.717) is 12.5 Å². The average Bonchev–Trinajstić information content (AvgIpc) is 3.36. The summed E-state index contributed by atoms with van der Waals surface area (Å²) in [5.41, 5.74) is 4.82. The van der Waals surface area contributed by atoms with Gasteiger partial charge in [-0.3, -0.25) is 5.10 Å². The molecule has 2 aromatic carbocycles. The van der Waals surface area contributed by atoms with E-state index in [1.165, 1.54) is 0 Å². The molecule has 5 rings (SSSR count). The quantitative estimate of drug-likeness (QED) is 0.607. The number of aromatic nitrogens is 3. The maximum Gasteiger partial charge on any atom is 0.202 e. The number of fused-ring (bicyclic) bond motifs is 2. The number of methoxy groups -OCH3 is 1. The van der Waals surface area contributed by atoms with E-state index in [-0.39, 0.29) is 5.92 Å². The molecule has 0 saturated heterocycles. The van der Waals surface area contributed by atoms with E-state index in [1.54, 1.807) is 13.3 Å². The molecule has 6 heteroatoms. The van der Waals surface area contributed by atoms with E-state index in [2.05, 4.69) is 10.2 Å². The van der Waals surface area contributed by atoms with Gasteiger partial charge in [-0.25, -0.2) is 4.98 Å². The van der Waals surface area contributed by atoms with Crippen LogP contribution in [0.1, 0.15) is 17.4 Å². The molecule has 0 radical (unpaired) electrons. The minimum absolute atomic E-state index is 0.0828. The first-order chi connectivity index (χ1) is 12.8. The zero-order valence-electron chi connectivity index (χ0n) is 14.2. The van der Waals surface area contributed by atoms with Gasteiger partial charge in [0.25, 0.3) is 0 Å². The van der Waals surface area contributed by atoms with Crippen LogP contribution in [0.3, 0.4) is 0 Å². The van der Waals surface area contributed by atoms with Crippen molar-refractivity contribution in [3.8, 4) is 22.6 Å². The fraction of sp³-hybridized carbons (Fsp3) is 0.200. The van der Waals surface area contributed by atoms with Crippen molar-refractivity contribution in [2.24, 2.45) is 0 Å². The summed E-state index contributed by atoms with van der Waals surface area (Å²) >= 11 is 0. The van der Waals surface area contributed by atoms with Crippen LogP contribution in [-0.2, 0) is 6.42 Å². The van der Waals surface area contributed by atoms with Gasteiger partial charge in [-0.15, -0.1) is 0 Å². The molecule has 1 unspecified atom stereocenters. The average molecular weight is 347 g/mol. The molecule has 0 spiro atoms. The van der Waals surface area contributed by atoms with Gasteiger partial charge in [-0.05, 0) is 47.9 Å². The van der Waals surface area contributed by atoms with Gasteiger partial charge in [0.05, 0.1) is 19.2 Å². The number of nitrogens with one attached hydrogen (secondary N) is 1. The monoisotopic (exact) mass is 347 g/mol. The summed E-state index contributed by atoms with van der Waals surface area (Å²) in [6.07, 6.45) is 4.47. The number of nitrogens with zero attached hydrogens (tertiary/aromatic N) is 2. The van der Waals surface area contributed by atoms with Crippen molar-refractivity contribution < 1.29 is 13.9 Å². The van der Waals surface area contributed by atoms with Crippen LogP contribution in [0.5, 0.6) is 11.5 Å². The SMILES string of the molecule is COc1ccc2c(c1)CC(c1nc3cc(-c4cn[nH]c4)ccc3o1)CO2. The summed E-state index contributed by atoms with van der Waals surface area (Å²) in [5.74, 6) is 2.52. The minimum atomic E-state index is 0.0828. The van der Waals surface area contributed by atoms with Crippen LogP contribution in [0.2, 0.25) is 0 Å². The van der Waals surface area contributed by atoms with E-state index >= 15 is 0 Å². The Morgan fingerprint density at radius 1 is 1.15 bits per heavy atom. The van der Waals surface area contributed by atoms with Crippen LogP contribution in [-0.4, -0.2) is 28.9 Å². The first kappa shape index (κ1) is 15.0. The summed E-state index contributed by atoms with van der Waals surface area (Å²) in [6.45, 7) is 0.556. The van der Waals surface area contributed by atoms with Crippen molar-refractivity contribution in [2.45, 2.75) is 12.3 Å². The summed E-state index contributed by atoms with van der Waals surface area (Å²) in [7, 11) is 1.67. The van der Waals surface area contributed by atoms with E-state index in [1.807, 2.05) is 42.6 Å². The van der Waals surface area contributed by atoms with Gasteiger partial charge in [0, 0.05) is 11.8 Å². The molecule has 1 aliphatic rings. The topological polar surface area (TPSA) is 73.2 Å². The Kier molecular flexibility index (Phi) is 3.41. The molecule has 0 amide bonds. The highest BCUT2D eigenvalue weighted by molar-refractivity contribution is 5.80. The summed E-state index contributed by atoms with van der Waals surface area (Å²) in [5, 5.41) is 6.83. The number of hydrogen-bond acceptors (Lipinski definition) is 5. The second-order valence-corrected chi connectivity index (χ2v) is 6.41. The molecule has 0 aliphatic carbocycles. The second kappa shape index (κ2) is 5.91. The molecule has 0 saturated carbocycles. The van der Waals surface area contributed by atoms with Gasteiger partial charge in [0.2, 0.25) is 5.89 Å². The third-order valence-electron chi connectivity index (χ3n) is 4.76. The Hall–Kier alpha value is -3.28. The lowest BCUT2D eigenvalue weighted by Gasteiger charge is -2.23. The summed E-state index contributed by atoms with van der Waals surface area (Å²) < 4.78 is 17.2. The van der Waals surface area contributed by atoms with Crippen molar-refractivity contribution in [1.29, 1.82) is 0 Å². The number of oxazole rings is 1. The molecule has 2 aromatic heterocycles. The van der Waals surface area contributed by atoms with Crippen LogP contribution in [0.25, 0.3) is 22.2 Å². The third-order valence-corrected chi connectivity index (χ3v) is 4.76. The fourth-order valence-electron chi connectivity index (χ4n) is 3.36. The molecule has 0 bridgehead atoms. The number of rotatable bonds is 3. The first-order valence-corrected chi connectivity index (χ1v) is 8.49. The maximum atomic E-state index is 6.01. The molecule has 26 heavy (non-hydrogen) atoms. The fourth-order valence-corrected chi connectivity index (χ4v) is 3.36.